The summed E-state index contributed by atoms with van der Waals surface area (Å²) in [4.78, 5) is 25.9. The van der Waals surface area contributed by atoms with Crippen molar-refractivity contribution in [2.75, 3.05) is 32.1 Å². The maximum absolute atomic E-state index is 11.7. The molecule has 0 aliphatic carbocycles. The number of rotatable bonds is 5. The van der Waals surface area contributed by atoms with Gasteiger partial charge in [0.1, 0.15) is 0 Å². The molecule has 0 unspecified atom stereocenters. The van der Waals surface area contributed by atoms with E-state index in [0.717, 1.165) is 0 Å². The fourth-order valence-electron chi connectivity index (χ4n) is 1.57. The molecule has 0 aliphatic heterocycles. The summed E-state index contributed by atoms with van der Waals surface area (Å²) in [6.45, 7) is 2.71. The van der Waals surface area contributed by atoms with Crippen LogP contribution in [0.4, 0.5) is 5.69 Å². The molecule has 0 radical (unpaired) electrons. The largest absolute Gasteiger partial charge is 0.478 e. The Kier molecular flexibility index (Phi) is 5.18. The summed E-state index contributed by atoms with van der Waals surface area (Å²) in [5.74, 6) is -1.07. The summed E-state index contributed by atoms with van der Waals surface area (Å²) in [7, 11) is 3.37. The molecule has 0 atom stereocenters. The summed E-state index contributed by atoms with van der Waals surface area (Å²) in [5, 5.41) is 9.21. The van der Waals surface area contributed by atoms with Crippen molar-refractivity contribution in [2.45, 2.75) is 6.92 Å². The molecule has 0 heterocycles. The minimum atomic E-state index is -1.03. The SMILES string of the molecule is CCN(CC(=O)N(C)C)c1ccc(C(=O)O)cc1Cl. The van der Waals surface area contributed by atoms with Gasteiger partial charge in [-0.1, -0.05) is 11.6 Å². The summed E-state index contributed by atoms with van der Waals surface area (Å²) in [5.41, 5.74) is 0.785. The fraction of sp³-hybridized carbons (Fsp3) is 0.385. The molecular formula is C13H17ClN2O3. The summed E-state index contributed by atoms with van der Waals surface area (Å²) in [6, 6.07) is 4.49. The number of carboxylic acids is 1. The van der Waals surface area contributed by atoms with E-state index in [1.54, 1.807) is 25.1 Å². The Morgan fingerprint density at radius 3 is 2.37 bits per heavy atom. The van der Waals surface area contributed by atoms with E-state index in [1.165, 1.54) is 17.0 Å². The van der Waals surface area contributed by atoms with Crippen molar-refractivity contribution >= 4 is 29.2 Å². The Morgan fingerprint density at radius 1 is 1.32 bits per heavy atom. The highest BCUT2D eigenvalue weighted by Crippen LogP contribution is 2.26. The monoisotopic (exact) mass is 284 g/mol. The van der Waals surface area contributed by atoms with Gasteiger partial charge in [0, 0.05) is 20.6 Å². The number of halogens is 1. The Labute approximate surface area is 117 Å². The van der Waals surface area contributed by atoms with Crippen LogP contribution >= 0.6 is 11.6 Å². The first-order chi connectivity index (χ1) is 8.86. The van der Waals surface area contributed by atoms with Gasteiger partial charge in [-0.3, -0.25) is 4.79 Å². The van der Waals surface area contributed by atoms with Crippen molar-refractivity contribution in [2.24, 2.45) is 0 Å². The van der Waals surface area contributed by atoms with Crippen LogP contribution in [0.2, 0.25) is 5.02 Å². The van der Waals surface area contributed by atoms with Crippen molar-refractivity contribution in [1.82, 2.24) is 4.90 Å². The number of hydrogen-bond acceptors (Lipinski definition) is 3. The Hall–Kier alpha value is -1.75. The molecule has 0 bridgehead atoms. The van der Waals surface area contributed by atoms with E-state index in [1.807, 2.05) is 6.92 Å². The number of anilines is 1. The van der Waals surface area contributed by atoms with Crippen molar-refractivity contribution in [1.29, 1.82) is 0 Å². The zero-order valence-corrected chi connectivity index (χ0v) is 11.9. The molecule has 0 fully saturated rings. The third kappa shape index (κ3) is 3.86. The van der Waals surface area contributed by atoms with Gasteiger partial charge < -0.3 is 14.9 Å². The van der Waals surface area contributed by atoms with Gasteiger partial charge in [-0.2, -0.15) is 0 Å². The van der Waals surface area contributed by atoms with Gasteiger partial charge in [-0.15, -0.1) is 0 Å². The highest BCUT2D eigenvalue weighted by atomic mass is 35.5. The normalized spacial score (nSPS) is 10.1. The number of likely N-dealkylation sites (N-methyl/N-ethyl adjacent to an activating group) is 2. The molecule has 1 rings (SSSR count). The first kappa shape index (κ1) is 15.3. The number of benzene rings is 1. The summed E-state index contributed by atoms with van der Waals surface area (Å²) in [6.07, 6.45) is 0. The number of aromatic carboxylic acids is 1. The quantitative estimate of drug-likeness (QED) is 0.898. The van der Waals surface area contributed by atoms with E-state index >= 15 is 0 Å². The Bertz CT molecular complexity index is 489. The number of hydrogen-bond donors (Lipinski definition) is 1. The van der Waals surface area contributed by atoms with Crippen LogP contribution in [0.3, 0.4) is 0 Å². The second-order valence-electron chi connectivity index (χ2n) is 4.27. The number of carboxylic acid groups (broad SMARTS) is 1. The smallest absolute Gasteiger partial charge is 0.335 e. The third-order valence-electron chi connectivity index (χ3n) is 2.74. The lowest BCUT2D eigenvalue weighted by molar-refractivity contribution is -0.127. The standard InChI is InChI=1S/C13H17ClN2O3/c1-4-16(8-12(17)15(2)3)11-6-5-9(13(18)19)7-10(11)14/h5-7H,4,8H2,1-3H3,(H,18,19). The average Bonchev–Trinajstić information content (AvgIpc) is 2.35. The van der Waals surface area contributed by atoms with E-state index in [0.29, 0.717) is 17.3 Å². The third-order valence-corrected chi connectivity index (χ3v) is 3.04. The first-order valence-electron chi connectivity index (χ1n) is 5.84. The molecule has 19 heavy (non-hydrogen) atoms. The molecule has 5 nitrogen and oxygen atoms in total. The highest BCUT2D eigenvalue weighted by Gasteiger charge is 2.15. The van der Waals surface area contributed by atoms with Gasteiger partial charge in [-0.05, 0) is 25.1 Å². The Morgan fingerprint density at radius 2 is 1.95 bits per heavy atom. The van der Waals surface area contributed by atoms with Crippen LogP contribution in [0.25, 0.3) is 0 Å². The van der Waals surface area contributed by atoms with E-state index in [4.69, 9.17) is 16.7 Å². The van der Waals surface area contributed by atoms with Gasteiger partial charge in [-0.25, -0.2) is 4.79 Å². The molecule has 0 spiro atoms. The molecule has 0 saturated carbocycles. The van der Waals surface area contributed by atoms with Crippen molar-refractivity contribution < 1.29 is 14.7 Å². The minimum Gasteiger partial charge on any atom is -0.478 e. The summed E-state index contributed by atoms with van der Waals surface area (Å²) < 4.78 is 0. The number of nitrogens with zero attached hydrogens (tertiary/aromatic N) is 2. The van der Waals surface area contributed by atoms with E-state index in [2.05, 4.69) is 0 Å². The van der Waals surface area contributed by atoms with Crippen LogP contribution in [-0.2, 0) is 4.79 Å². The summed E-state index contributed by atoms with van der Waals surface area (Å²) >= 11 is 6.08. The van der Waals surface area contributed by atoms with Crippen LogP contribution in [0.1, 0.15) is 17.3 Å². The number of amides is 1. The maximum Gasteiger partial charge on any atom is 0.335 e. The van der Waals surface area contributed by atoms with Gasteiger partial charge in [0.25, 0.3) is 0 Å². The van der Waals surface area contributed by atoms with Gasteiger partial charge in [0.15, 0.2) is 0 Å². The van der Waals surface area contributed by atoms with E-state index < -0.39 is 5.97 Å². The fourth-order valence-corrected chi connectivity index (χ4v) is 1.87. The second kappa shape index (κ2) is 6.43. The molecule has 1 amide bonds. The molecule has 1 aromatic carbocycles. The van der Waals surface area contributed by atoms with E-state index in [9.17, 15) is 9.59 Å². The molecule has 0 saturated heterocycles. The minimum absolute atomic E-state index is 0.0415. The highest BCUT2D eigenvalue weighted by molar-refractivity contribution is 6.33. The predicted octanol–water partition coefficient (Wildman–Crippen LogP) is 1.95. The first-order valence-corrected chi connectivity index (χ1v) is 6.22. The van der Waals surface area contributed by atoms with Gasteiger partial charge >= 0.3 is 5.97 Å². The molecular weight excluding hydrogens is 268 g/mol. The topological polar surface area (TPSA) is 60.9 Å². The van der Waals surface area contributed by atoms with Crippen molar-refractivity contribution in [3.63, 3.8) is 0 Å². The zero-order chi connectivity index (χ0) is 14.6. The van der Waals surface area contributed by atoms with E-state index in [-0.39, 0.29) is 18.0 Å². The lowest BCUT2D eigenvalue weighted by Gasteiger charge is -2.25. The van der Waals surface area contributed by atoms with Crippen molar-refractivity contribution in [3.05, 3.63) is 28.8 Å². The molecule has 1 aromatic rings. The van der Waals surface area contributed by atoms with Crippen LogP contribution in [0.15, 0.2) is 18.2 Å². The predicted molar refractivity (Wildman–Crippen MR) is 75.0 cm³/mol. The van der Waals surface area contributed by atoms with Crippen LogP contribution < -0.4 is 4.90 Å². The lowest BCUT2D eigenvalue weighted by Crippen LogP contribution is -2.36. The van der Waals surface area contributed by atoms with Crippen LogP contribution in [0.5, 0.6) is 0 Å². The van der Waals surface area contributed by atoms with Crippen molar-refractivity contribution in [3.8, 4) is 0 Å². The molecule has 6 heteroatoms. The second-order valence-corrected chi connectivity index (χ2v) is 4.68. The van der Waals surface area contributed by atoms with Gasteiger partial charge in [0.05, 0.1) is 22.8 Å². The maximum atomic E-state index is 11.7. The lowest BCUT2D eigenvalue weighted by atomic mass is 10.2. The Balaban J connectivity index is 2.99. The molecule has 0 aromatic heterocycles. The zero-order valence-electron chi connectivity index (χ0n) is 11.2. The molecule has 0 aliphatic rings. The molecule has 104 valence electrons. The van der Waals surface area contributed by atoms with Gasteiger partial charge in [0.2, 0.25) is 5.91 Å². The average molecular weight is 285 g/mol. The molecule has 1 N–H and O–H groups in total. The number of carbonyl (C=O) groups excluding carboxylic acids is 1. The number of carbonyl (C=O) groups is 2. The van der Waals surface area contributed by atoms with Crippen LogP contribution in [0, 0.1) is 0 Å². The van der Waals surface area contributed by atoms with Crippen LogP contribution in [-0.4, -0.2) is 49.1 Å².